The summed E-state index contributed by atoms with van der Waals surface area (Å²) in [7, 11) is 0. The lowest BCUT2D eigenvalue weighted by atomic mass is 10.1. The molecule has 0 aliphatic carbocycles. The molecule has 0 amide bonds. The van der Waals surface area contributed by atoms with Crippen LogP contribution >= 0.6 is 0 Å². The Hall–Kier alpha value is -0.940. The van der Waals surface area contributed by atoms with Gasteiger partial charge in [-0.3, -0.25) is 4.90 Å². The van der Waals surface area contributed by atoms with E-state index in [1.165, 1.54) is 6.42 Å². The maximum Gasteiger partial charge on any atom is 0.122 e. The minimum Gasteiger partial charge on any atom is -0.314 e. The molecule has 0 bridgehead atoms. The highest BCUT2D eigenvalue weighted by Crippen LogP contribution is 2.12. The summed E-state index contributed by atoms with van der Waals surface area (Å²) < 4.78 is 4.71. The van der Waals surface area contributed by atoms with Crippen LogP contribution in [0.4, 0.5) is 0 Å². The minimum absolute atomic E-state index is 0.654. The summed E-state index contributed by atoms with van der Waals surface area (Å²) in [5.41, 5.74) is 1.87. The second-order valence-corrected chi connectivity index (χ2v) is 4.08. The molecule has 15 heavy (non-hydrogen) atoms. The Balaban J connectivity index is 1.96. The van der Waals surface area contributed by atoms with Crippen molar-refractivity contribution in [1.82, 2.24) is 20.5 Å². The number of aromatic nitrogens is 2. The molecule has 1 saturated heterocycles. The van der Waals surface area contributed by atoms with Crippen molar-refractivity contribution in [3.63, 3.8) is 0 Å². The van der Waals surface area contributed by atoms with Gasteiger partial charge >= 0.3 is 0 Å². The predicted molar refractivity (Wildman–Crippen MR) is 56.4 cm³/mol. The van der Waals surface area contributed by atoms with Crippen LogP contribution in [-0.4, -0.2) is 40.9 Å². The SMILES string of the molecule is CCCN(Cc1nonc1C)C1CNC1. The summed E-state index contributed by atoms with van der Waals surface area (Å²) in [5, 5.41) is 11.0. The molecule has 0 spiro atoms. The van der Waals surface area contributed by atoms with Crippen molar-refractivity contribution in [3.8, 4) is 0 Å². The largest absolute Gasteiger partial charge is 0.314 e. The Morgan fingerprint density at radius 3 is 2.73 bits per heavy atom. The monoisotopic (exact) mass is 210 g/mol. The molecule has 1 aromatic heterocycles. The first-order chi connectivity index (χ1) is 7.31. The van der Waals surface area contributed by atoms with Gasteiger partial charge in [0.25, 0.3) is 0 Å². The van der Waals surface area contributed by atoms with E-state index in [1.54, 1.807) is 0 Å². The smallest absolute Gasteiger partial charge is 0.122 e. The third-order valence-electron chi connectivity index (χ3n) is 2.89. The molecule has 1 N–H and O–H groups in total. The highest BCUT2D eigenvalue weighted by molar-refractivity contribution is 5.05. The highest BCUT2D eigenvalue weighted by Gasteiger charge is 2.25. The first-order valence-corrected chi connectivity index (χ1v) is 5.54. The van der Waals surface area contributed by atoms with E-state index in [9.17, 15) is 0 Å². The fraction of sp³-hybridized carbons (Fsp3) is 0.800. The molecule has 1 aliphatic rings. The van der Waals surface area contributed by atoms with Crippen LogP contribution in [0.5, 0.6) is 0 Å². The lowest BCUT2D eigenvalue weighted by Crippen LogP contribution is -2.57. The molecule has 0 atom stereocenters. The summed E-state index contributed by atoms with van der Waals surface area (Å²) >= 11 is 0. The number of nitrogens with one attached hydrogen (secondary N) is 1. The summed E-state index contributed by atoms with van der Waals surface area (Å²) in [6.45, 7) is 8.28. The molecule has 0 radical (unpaired) electrons. The average molecular weight is 210 g/mol. The number of hydrogen-bond acceptors (Lipinski definition) is 5. The van der Waals surface area contributed by atoms with Crippen molar-refractivity contribution in [2.24, 2.45) is 0 Å². The molecule has 84 valence electrons. The second-order valence-electron chi connectivity index (χ2n) is 4.08. The van der Waals surface area contributed by atoms with Crippen LogP contribution < -0.4 is 5.32 Å². The average Bonchev–Trinajstić information content (AvgIpc) is 2.49. The Morgan fingerprint density at radius 1 is 1.47 bits per heavy atom. The lowest BCUT2D eigenvalue weighted by molar-refractivity contribution is 0.134. The number of aryl methyl sites for hydroxylation is 1. The van der Waals surface area contributed by atoms with E-state index < -0.39 is 0 Å². The molecule has 2 rings (SSSR count). The van der Waals surface area contributed by atoms with Gasteiger partial charge in [0, 0.05) is 25.7 Å². The second kappa shape index (κ2) is 4.72. The van der Waals surface area contributed by atoms with Gasteiger partial charge < -0.3 is 5.32 Å². The third kappa shape index (κ3) is 2.35. The van der Waals surface area contributed by atoms with E-state index in [0.29, 0.717) is 6.04 Å². The number of nitrogens with zero attached hydrogens (tertiary/aromatic N) is 3. The standard InChI is InChI=1S/C10H18N4O/c1-3-4-14(9-5-11-6-9)7-10-8(2)12-15-13-10/h9,11H,3-7H2,1-2H3. The van der Waals surface area contributed by atoms with Crippen LogP contribution in [0.3, 0.4) is 0 Å². The summed E-state index contributed by atoms with van der Waals surface area (Å²) in [6, 6.07) is 0.654. The van der Waals surface area contributed by atoms with E-state index in [4.69, 9.17) is 4.63 Å². The van der Waals surface area contributed by atoms with E-state index in [2.05, 4.69) is 27.5 Å². The van der Waals surface area contributed by atoms with Crippen LogP contribution in [0.25, 0.3) is 0 Å². The molecule has 5 heteroatoms. The summed E-state index contributed by atoms with van der Waals surface area (Å²) in [6.07, 6.45) is 1.17. The van der Waals surface area contributed by atoms with Gasteiger partial charge in [-0.15, -0.1) is 0 Å². The molecule has 1 aromatic rings. The Labute approximate surface area is 89.8 Å². The highest BCUT2D eigenvalue weighted by atomic mass is 16.6. The van der Waals surface area contributed by atoms with Crippen molar-refractivity contribution in [3.05, 3.63) is 11.4 Å². The Kier molecular flexibility index (Phi) is 3.33. The molecule has 0 saturated carbocycles. The summed E-state index contributed by atoms with van der Waals surface area (Å²) in [5.74, 6) is 0. The maximum atomic E-state index is 4.71. The number of rotatable bonds is 5. The summed E-state index contributed by atoms with van der Waals surface area (Å²) in [4.78, 5) is 2.45. The zero-order chi connectivity index (χ0) is 10.7. The van der Waals surface area contributed by atoms with Gasteiger partial charge in [-0.05, 0) is 19.9 Å². The van der Waals surface area contributed by atoms with E-state index in [-0.39, 0.29) is 0 Å². The molecule has 0 aromatic carbocycles. The molecule has 2 heterocycles. The van der Waals surface area contributed by atoms with Gasteiger partial charge in [0.2, 0.25) is 0 Å². The molecule has 1 fully saturated rings. The van der Waals surface area contributed by atoms with Crippen molar-refractivity contribution in [2.45, 2.75) is 32.9 Å². The van der Waals surface area contributed by atoms with Crippen molar-refractivity contribution in [1.29, 1.82) is 0 Å². The van der Waals surface area contributed by atoms with Gasteiger partial charge in [0.05, 0.1) is 0 Å². The van der Waals surface area contributed by atoms with Crippen LogP contribution in [-0.2, 0) is 6.54 Å². The van der Waals surface area contributed by atoms with Crippen LogP contribution in [0.1, 0.15) is 24.7 Å². The topological polar surface area (TPSA) is 54.2 Å². The Morgan fingerprint density at radius 2 is 2.27 bits per heavy atom. The molecule has 1 aliphatic heterocycles. The van der Waals surface area contributed by atoms with Gasteiger partial charge in [0.1, 0.15) is 11.4 Å². The fourth-order valence-electron chi connectivity index (χ4n) is 1.79. The molecular weight excluding hydrogens is 192 g/mol. The van der Waals surface area contributed by atoms with Gasteiger partial charge in [0.15, 0.2) is 0 Å². The Bertz CT molecular complexity index is 308. The van der Waals surface area contributed by atoms with Gasteiger partial charge in [-0.1, -0.05) is 17.2 Å². The normalized spacial score (nSPS) is 17.0. The van der Waals surface area contributed by atoms with Crippen molar-refractivity contribution < 1.29 is 4.63 Å². The minimum atomic E-state index is 0.654. The first kappa shape index (κ1) is 10.6. The molecular formula is C10H18N4O. The lowest BCUT2D eigenvalue weighted by Gasteiger charge is -2.37. The predicted octanol–water partition coefficient (Wildman–Crippen LogP) is 0.562. The van der Waals surface area contributed by atoms with Crippen LogP contribution in [0.2, 0.25) is 0 Å². The zero-order valence-electron chi connectivity index (χ0n) is 9.36. The van der Waals surface area contributed by atoms with Crippen LogP contribution in [0.15, 0.2) is 4.63 Å². The van der Waals surface area contributed by atoms with E-state index in [1.807, 2.05) is 6.92 Å². The van der Waals surface area contributed by atoms with E-state index in [0.717, 1.165) is 37.6 Å². The maximum absolute atomic E-state index is 4.71. The van der Waals surface area contributed by atoms with Crippen molar-refractivity contribution >= 4 is 0 Å². The van der Waals surface area contributed by atoms with Crippen LogP contribution in [0, 0.1) is 6.92 Å². The molecule has 5 nitrogen and oxygen atoms in total. The van der Waals surface area contributed by atoms with Crippen molar-refractivity contribution in [2.75, 3.05) is 19.6 Å². The fourth-order valence-corrected chi connectivity index (χ4v) is 1.79. The molecule has 0 unspecified atom stereocenters. The first-order valence-electron chi connectivity index (χ1n) is 5.54. The third-order valence-corrected chi connectivity index (χ3v) is 2.89. The number of hydrogen-bond donors (Lipinski definition) is 1. The van der Waals surface area contributed by atoms with Gasteiger partial charge in [-0.25, -0.2) is 4.63 Å². The zero-order valence-corrected chi connectivity index (χ0v) is 9.36. The quantitative estimate of drug-likeness (QED) is 0.769. The van der Waals surface area contributed by atoms with E-state index >= 15 is 0 Å². The van der Waals surface area contributed by atoms with Gasteiger partial charge in [-0.2, -0.15) is 0 Å².